The maximum atomic E-state index is 12.3. The number of nitrogens with one attached hydrogen (secondary N) is 1. The molecule has 39 heavy (non-hydrogen) atoms. The van der Waals surface area contributed by atoms with Gasteiger partial charge in [-0.15, -0.1) is 0 Å². The van der Waals surface area contributed by atoms with Crippen molar-refractivity contribution in [3.63, 3.8) is 0 Å². The van der Waals surface area contributed by atoms with Gasteiger partial charge < -0.3 is 30.6 Å². The number of likely N-dealkylation sites (tertiary alicyclic amines) is 1. The van der Waals surface area contributed by atoms with Crippen molar-refractivity contribution in [3.05, 3.63) is 29.8 Å². The third kappa shape index (κ3) is 12.4. The molecule has 1 aromatic carbocycles. The number of carbonyl (C=O) groups is 5. The van der Waals surface area contributed by atoms with Crippen molar-refractivity contribution in [2.45, 2.75) is 37.4 Å². The number of nitrogens with zero attached hydrogens (tertiary/aromatic N) is 3. The molecule has 214 valence electrons. The average Bonchev–Trinajstić information content (AvgIpc) is 3.25. The van der Waals surface area contributed by atoms with E-state index in [1.807, 2.05) is 0 Å². The summed E-state index contributed by atoms with van der Waals surface area (Å²) < 4.78 is 0. The lowest BCUT2D eigenvalue weighted by atomic mass is 10.0. The van der Waals surface area contributed by atoms with Crippen LogP contribution in [0.15, 0.2) is 29.3 Å². The van der Waals surface area contributed by atoms with Crippen molar-refractivity contribution < 1.29 is 54.6 Å². The van der Waals surface area contributed by atoms with Gasteiger partial charge in [0.1, 0.15) is 6.04 Å². The molecule has 1 saturated heterocycles. The number of carboxylic acid groups (broad SMARTS) is 6. The predicted octanol–water partition coefficient (Wildman–Crippen LogP) is 0.617. The zero-order valence-corrected chi connectivity index (χ0v) is 21.5. The van der Waals surface area contributed by atoms with Crippen molar-refractivity contribution in [1.29, 1.82) is 0 Å². The third-order valence-corrected chi connectivity index (χ3v) is 5.88. The molecule has 2 rings (SSSR count). The number of thiocarbonyl (C=S) groups is 1. The van der Waals surface area contributed by atoms with Gasteiger partial charge in [0.05, 0.1) is 17.4 Å². The monoisotopic (exact) mass is 570 g/mol. The second-order valence-corrected chi connectivity index (χ2v) is 8.61. The summed E-state index contributed by atoms with van der Waals surface area (Å²) in [5, 5.41) is 56.0. The lowest BCUT2D eigenvalue weighted by Gasteiger charge is -2.34. The number of hydrogen-bond donors (Lipinski definition) is 7. The molecule has 16 heteroatoms. The van der Waals surface area contributed by atoms with Crippen LogP contribution in [0.25, 0.3) is 0 Å². The Kier molecular flexibility index (Phi) is 14.3. The zero-order valence-electron chi connectivity index (χ0n) is 20.7. The number of aliphatic carboxylic acids is 4. The van der Waals surface area contributed by atoms with Crippen LogP contribution in [-0.4, -0.2) is 126 Å². The average molecular weight is 571 g/mol. The molecular weight excluding hydrogens is 540 g/mol. The summed E-state index contributed by atoms with van der Waals surface area (Å²) in [7, 11) is 0. The van der Waals surface area contributed by atoms with E-state index in [1.165, 1.54) is 0 Å². The van der Waals surface area contributed by atoms with E-state index in [1.54, 1.807) is 34.1 Å². The molecule has 0 aliphatic carbocycles. The number of isothiocyanates is 1. The van der Waals surface area contributed by atoms with Gasteiger partial charge in [-0.3, -0.25) is 24.7 Å². The molecule has 1 aliphatic rings. The Morgan fingerprint density at radius 2 is 1.62 bits per heavy atom. The largest absolute Gasteiger partial charge is 0.503 e. The molecule has 7 N–H and O–H groups in total. The Morgan fingerprint density at radius 3 is 2.10 bits per heavy atom. The third-order valence-electron chi connectivity index (χ3n) is 5.79. The Hall–Kier alpha value is -3.95. The first-order chi connectivity index (χ1) is 18.3. The van der Waals surface area contributed by atoms with Gasteiger partial charge in [-0.1, -0.05) is 12.1 Å². The fraction of sp³-hybridized carbons (Fsp3) is 0.478. The number of aliphatic imine (C=N–C) groups is 1. The Morgan fingerprint density at radius 1 is 1.03 bits per heavy atom. The van der Waals surface area contributed by atoms with E-state index < -0.39 is 42.1 Å². The molecule has 0 spiro atoms. The normalized spacial score (nSPS) is 15.6. The van der Waals surface area contributed by atoms with Crippen molar-refractivity contribution >= 4 is 53.1 Å². The summed E-state index contributed by atoms with van der Waals surface area (Å²) in [6.07, 6.45) is -0.270. The van der Waals surface area contributed by atoms with E-state index in [0.717, 1.165) is 6.42 Å². The first-order valence-corrected chi connectivity index (χ1v) is 12.0. The van der Waals surface area contributed by atoms with Crippen molar-refractivity contribution in [1.82, 2.24) is 15.1 Å². The lowest BCUT2D eigenvalue weighted by Crippen LogP contribution is -2.53. The van der Waals surface area contributed by atoms with Crippen LogP contribution >= 0.6 is 12.2 Å². The van der Waals surface area contributed by atoms with Gasteiger partial charge in [-0.2, -0.15) is 4.99 Å². The van der Waals surface area contributed by atoms with Crippen LogP contribution in [0.1, 0.15) is 18.4 Å². The van der Waals surface area contributed by atoms with E-state index in [0.29, 0.717) is 24.2 Å². The lowest BCUT2D eigenvalue weighted by molar-refractivity contribution is -0.151. The second kappa shape index (κ2) is 16.8. The second-order valence-electron chi connectivity index (χ2n) is 8.43. The maximum absolute atomic E-state index is 12.3. The van der Waals surface area contributed by atoms with Crippen LogP contribution in [0.5, 0.6) is 0 Å². The molecule has 15 nitrogen and oxygen atoms in total. The van der Waals surface area contributed by atoms with Crippen LogP contribution in [0.4, 0.5) is 10.5 Å². The van der Waals surface area contributed by atoms with Crippen molar-refractivity contribution in [2.24, 2.45) is 4.99 Å². The number of benzene rings is 1. The SMILES string of the molecule is O=C(O)CN1CCC[C@H]1CN(CCNC(C(=O)O)C(=O)O)[C@H](Cc1ccc(N=C=S)cc1)C(=O)O.O=C(O)O. The Balaban J connectivity index is 0.00000177. The van der Waals surface area contributed by atoms with Gasteiger partial charge in [-0.25, -0.2) is 14.4 Å². The Bertz CT molecular complexity index is 1040. The molecule has 0 aromatic heterocycles. The van der Waals surface area contributed by atoms with E-state index in [9.17, 15) is 29.4 Å². The smallest absolute Gasteiger partial charge is 0.480 e. The van der Waals surface area contributed by atoms with Crippen LogP contribution in [-0.2, 0) is 25.6 Å². The summed E-state index contributed by atoms with van der Waals surface area (Å²) in [6, 6.07) is 3.73. The molecule has 0 bridgehead atoms. The number of hydrogen-bond acceptors (Lipinski definition) is 10. The van der Waals surface area contributed by atoms with Gasteiger partial charge in [0.25, 0.3) is 0 Å². The van der Waals surface area contributed by atoms with Gasteiger partial charge >= 0.3 is 30.0 Å². The van der Waals surface area contributed by atoms with E-state index in [4.69, 9.17) is 25.2 Å². The number of carboxylic acids is 4. The summed E-state index contributed by atoms with van der Waals surface area (Å²) in [4.78, 5) is 61.6. The van der Waals surface area contributed by atoms with Crippen LogP contribution < -0.4 is 5.32 Å². The summed E-state index contributed by atoms with van der Waals surface area (Å²) in [6.45, 7) is 0.572. The molecule has 1 fully saturated rings. The molecule has 2 atom stereocenters. The van der Waals surface area contributed by atoms with Crippen LogP contribution in [0, 0.1) is 0 Å². The first-order valence-electron chi connectivity index (χ1n) is 11.6. The fourth-order valence-electron chi connectivity index (χ4n) is 4.12. The summed E-state index contributed by atoms with van der Waals surface area (Å²) >= 11 is 4.58. The zero-order chi connectivity index (χ0) is 29.5. The summed E-state index contributed by atoms with van der Waals surface area (Å²) in [5.41, 5.74) is 1.28. The highest BCUT2D eigenvalue weighted by atomic mass is 32.1. The highest BCUT2D eigenvalue weighted by molar-refractivity contribution is 7.78. The minimum absolute atomic E-state index is 0.0404. The minimum Gasteiger partial charge on any atom is -0.480 e. The first kappa shape index (κ1) is 33.1. The molecular formula is C23H30N4O11S. The molecule has 0 unspecified atom stereocenters. The van der Waals surface area contributed by atoms with Gasteiger partial charge in [0.2, 0.25) is 6.04 Å². The topological polar surface area (TPSA) is 238 Å². The predicted molar refractivity (Wildman–Crippen MR) is 138 cm³/mol. The molecule has 1 aromatic rings. The quantitative estimate of drug-likeness (QED) is 0.0869. The van der Waals surface area contributed by atoms with Gasteiger partial charge in [0, 0.05) is 25.7 Å². The summed E-state index contributed by atoms with van der Waals surface area (Å²) in [5.74, 6) is -5.20. The van der Waals surface area contributed by atoms with Crippen molar-refractivity contribution in [3.8, 4) is 0 Å². The maximum Gasteiger partial charge on any atom is 0.503 e. The Labute approximate surface area is 228 Å². The highest BCUT2D eigenvalue weighted by Crippen LogP contribution is 2.21. The van der Waals surface area contributed by atoms with E-state index >= 15 is 0 Å². The van der Waals surface area contributed by atoms with E-state index in [-0.39, 0.29) is 38.6 Å². The molecule has 1 aliphatic heterocycles. The van der Waals surface area contributed by atoms with Gasteiger partial charge in [0.15, 0.2) is 0 Å². The standard InChI is InChI=1S/C22H28N4O8S.CH2O3/c27-18(28)12-25-8-1-2-16(25)11-26(9-7-23-19(21(31)32)22(33)34)17(20(29)30)10-14-3-5-15(6-4-14)24-13-35;2-1(3)4/h3-6,16-17,19,23H,1-2,7-12H2,(H,27,28)(H,29,30)(H,31,32)(H,33,34);(H2,2,3,4)/t16-,17+;/m0./s1. The number of rotatable bonds is 15. The van der Waals surface area contributed by atoms with Gasteiger partial charge in [-0.05, 0) is 55.7 Å². The molecule has 0 saturated carbocycles. The highest BCUT2D eigenvalue weighted by Gasteiger charge is 2.33. The van der Waals surface area contributed by atoms with Crippen LogP contribution in [0.3, 0.4) is 0 Å². The van der Waals surface area contributed by atoms with Crippen molar-refractivity contribution in [2.75, 3.05) is 32.7 Å². The van der Waals surface area contributed by atoms with Crippen LogP contribution in [0.2, 0.25) is 0 Å². The molecule has 0 radical (unpaired) electrons. The van der Waals surface area contributed by atoms with E-state index in [2.05, 4.69) is 27.7 Å². The fourth-order valence-corrected chi connectivity index (χ4v) is 4.22. The molecule has 0 amide bonds. The minimum atomic E-state index is -1.83. The molecule has 1 heterocycles.